The molecule has 8 nitrogen and oxygen atoms in total. The number of likely N-dealkylation sites (tertiary alicyclic amines) is 1. The topological polar surface area (TPSA) is 90.7 Å². The molecule has 1 aromatic carbocycles. The van der Waals surface area contributed by atoms with Gasteiger partial charge in [0, 0.05) is 28.5 Å². The van der Waals surface area contributed by atoms with Crippen molar-refractivity contribution in [3.05, 3.63) is 45.0 Å². The van der Waals surface area contributed by atoms with Crippen molar-refractivity contribution in [2.24, 2.45) is 0 Å². The third-order valence-corrected chi connectivity index (χ3v) is 7.50. The SMILES string of the molecule is C=CCOC(=O)N1CCCC(OC)C1CC(=O)Cn1cnc2cc(I)c(SC)cc2c1=O. The second kappa shape index (κ2) is 11.3. The van der Waals surface area contributed by atoms with Crippen molar-refractivity contribution < 1.29 is 19.1 Å². The minimum atomic E-state index is -0.492. The Balaban J connectivity index is 1.80. The van der Waals surface area contributed by atoms with Crippen LogP contribution in [0.5, 0.6) is 0 Å². The van der Waals surface area contributed by atoms with Gasteiger partial charge in [-0.05, 0) is 53.8 Å². The van der Waals surface area contributed by atoms with Crippen molar-refractivity contribution in [2.75, 3.05) is 26.5 Å². The van der Waals surface area contributed by atoms with Gasteiger partial charge in [-0.25, -0.2) is 9.78 Å². The van der Waals surface area contributed by atoms with Crippen LogP contribution in [-0.2, 0) is 20.8 Å². The Morgan fingerprint density at radius 2 is 2.19 bits per heavy atom. The first-order chi connectivity index (χ1) is 15.4. The van der Waals surface area contributed by atoms with Gasteiger partial charge in [-0.1, -0.05) is 12.7 Å². The molecule has 0 N–H and O–H groups in total. The Kier molecular flexibility index (Phi) is 8.72. The highest BCUT2D eigenvalue weighted by Gasteiger charge is 2.36. The summed E-state index contributed by atoms with van der Waals surface area (Å²) in [5.74, 6) is -0.181. The summed E-state index contributed by atoms with van der Waals surface area (Å²) in [6, 6.07) is 3.23. The van der Waals surface area contributed by atoms with E-state index in [1.807, 2.05) is 18.4 Å². The molecule has 10 heteroatoms. The Hall–Kier alpha value is -1.92. The zero-order valence-electron chi connectivity index (χ0n) is 18.1. The first kappa shape index (κ1) is 24.7. The van der Waals surface area contributed by atoms with Crippen molar-refractivity contribution >= 4 is 57.1 Å². The van der Waals surface area contributed by atoms with E-state index in [2.05, 4.69) is 34.2 Å². The molecule has 3 rings (SSSR count). The number of hydrogen-bond acceptors (Lipinski definition) is 7. The highest BCUT2D eigenvalue weighted by atomic mass is 127. The highest BCUT2D eigenvalue weighted by Crippen LogP contribution is 2.26. The molecule has 1 aliphatic heterocycles. The number of ketones is 1. The lowest BCUT2D eigenvalue weighted by atomic mass is 9.94. The number of ether oxygens (including phenoxy) is 2. The van der Waals surface area contributed by atoms with E-state index < -0.39 is 12.1 Å². The van der Waals surface area contributed by atoms with Crippen LogP contribution in [0.25, 0.3) is 10.9 Å². The molecule has 0 saturated carbocycles. The van der Waals surface area contributed by atoms with E-state index in [1.165, 1.54) is 17.0 Å². The van der Waals surface area contributed by atoms with Crippen LogP contribution in [0.1, 0.15) is 19.3 Å². The van der Waals surface area contributed by atoms with Gasteiger partial charge in [0.1, 0.15) is 6.61 Å². The monoisotopic (exact) mass is 571 g/mol. The maximum atomic E-state index is 13.0. The van der Waals surface area contributed by atoms with Crippen molar-refractivity contribution in [3.8, 4) is 0 Å². The van der Waals surface area contributed by atoms with E-state index in [-0.39, 0.29) is 37.0 Å². The van der Waals surface area contributed by atoms with Gasteiger partial charge < -0.3 is 14.4 Å². The molecular formula is C22H26IN3O5S. The number of methoxy groups -OCH3 is 1. The number of Topliss-reactive ketones (excluding diaryl/α,β-unsaturated/α-hetero) is 1. The fraction of sp³-hybridized carbons (Fsp3) is 0.455. The molecule has 2 aromatic rings. The first-order valence-electron chi connectivity index (χ1n) is 10.2. The predicted molar refractivity (Wildman–Crippen MR) is 132 cm³/mol. The van der Waals surface area contributed by atoms with Crippen molar-refractivity contribution in [1.29, 1.82) is 0 Å². The lowest BCUT2D eigenvalue weighted by Gasteiger charge is -2.39. The number of benzene rings is 1. The van der Waals surface area contributed by atoms with E-state index >= 15 is 0 Å². The van der Waals surface area contributed by atoms with Crippen molar-refractivity contribution in [2.45, 2.75) is 42.8 Å². The van der Waals surface area contributed by atoms with E-state index in [0.29, 0.717) is 17.4 Å². The molecule has 0 bridgehead atoms. The van der Waals surface area contributed by atoms with E-state index in [9.17, 15) is 14.4 Å². The standard InChI is InChI=1S/C22H26IN3O5S/c1-4-8-31-22(29)26-7-5-6-19(30-2)18(26)9-14(27)12-25-13-24-17-11-16(23)20(32-3)10-15(17)21(25)28/h4,10-11,13,18-19H,1,5-9,12H2,2-3H3. The molecule has 1 amide bonds. The van der Waals surface area contributed by atoms with Crippen molar-refractivity contribution in [3.63, 3.8) is 0 Å². The van der Waals surface area contributed by atoms with Crippen molar-refractivity contribution in [1.82, 2.24) is 14.5 Å². The number of aromatic nitrogens is 2. The fourth-order valence-corrected chi connectivity index (χ4v) is 5.50. The predicted octanol–water partition coefficient (Wildman–Crippen LogP) is 3.48. The van der Waals surface area contributed by atoms with Gasteiger partial charge in [-0.2, -0.15) is 0 Å². The molecule has 0 spiro atoms. The minimum absolute atomic E-state index is 0.0644. The number of amides is 1. The lowest BCUT2D eigenvalue weighted by molar-refractivity contribution is -0.122. The second-order valence-electron chi connectivity index (χ2n) is 7.47. The number of fused-ring (bicyclic) bond motifs is 1. The summed E-state index contributed by atoms with van der Waals surface area (Å²) >= 11 is 3.77. The summed E-state index contributed by atoms with van der Waals surface area (Å²) in [5.41, 5.74) is 0.341. The summed E-state index contributed by atoms with van der Waals surface area (Å²) in [5, 5.41) is 0.479. The van der Waals surface area contributed by atoms with Crippen LogP contribution >= 0.6 is 34.4 Å². The third kappa shape index (κ3) is 5.52. The Morgan fingerprint density at radius 1 is 1.41 bits per heavy atom. The number of thioether (sulfide) groups is 1. The molecule has 2 heterocycles. The second-order valence-corrected chi connectivity index (χ2v) is 9.48. The van der Waals surface area contributed by atoms with Crippen LogP contribution in [0, 0.1) is 3.57 Å². The quantitative estimate of drug-likeness (QED) is 0.272. The van der Waals surface area contributed by atoms with E-state index in [1.54, 1.807) is 23.8 Å². The number of rotatable bonds is 8. The molecular weight excluding hydrogens is 545 g/mol. The average molecular weight is 571 g/mol. The number of carbonyl (C=O) groups is 2. The zero-order valence-corrected chi connectivity index (χ0v) is 21.1. The summed E-state index contributed by atoms with van der Waals surface area (Å²) in [6.07, 6.45) is 5.65. The molecule has 1 saturated heterocycles. The van der Waals surface area contributed by atoms with Crippen LogP contribution in [0.15, 0.2) is 40.8 Å². The largest absolute Gasteiger partial charge is 0.445 e. The molecule has 1 aromatic heterocycles. The molecule has 0 aliphatic carbocycles. The zero-order chi connectivity index (χ0) is 23.3. The van der Waals surface area contributed by atoms with Gasteiger partial charge >= 0.3 is 6.09 Å². The van der Waals surface area contributed by atoms with E-state index in [0.717, 1.165) is 21.3 Å². The third-order valence-electron chi connectivity index (χ3n) is 5.46. The van der Waals surface area contributed by atoms with Gasteiger partial charge in [-0.3, -0.25) is 14.2 Å². The molecule has 0 radical (unpaired) electrons. The number of piperidine rings is 1. The summed E-state index contributed by atoms with van der Waals surface area (Å²) < 4.78 is 13.1. The smallest absolute Gasteiger partial charge is 0.410 e. The highest BCUT2D eigenvalue weighted by molar-refractivity contribution is 14.1. The van der Waals surface area contributed by atoms with Crippen LogP contribution in [0.3, 0.4) is 0 Å². The maximum Gasteiger partial charge on any atom is 0.410 e. The summed E-state index contributed by atoms with van der Waals surface area (Å²) in [6.45, 7) is 4.02. The molecule has 2 atom stereocenters. The average Bonchev–Trinajstić information content (AvgIpc) is 2.79. The van der Waals surface area contributed by atoms with Crippen LogP contribution in [0.2, 0.25) is 0 Å². The normalized spacial score (nSPS) is 18.5. The molecule has 172 valence electrons. The lowest BCUT2D eigenvalue weighted by Crippen LogP contribution is -2.53. The van der Waals surface area contributed by atoms with Gasteiger partial charge in [0.2, 0.25) is 0 Å². The minimum Gasteiger partial charge on any atom is -0.445 e. The summed E-state index contributed by atoms with van der Waals surface area (Å²) in [7, 11) is 1.57. The van der Waals surface area contributed by atoms with Gasteiger partial charge in [0.15, 0.2) is 5.78 Å². The molecule has 32 heavy (non-hydrogen) atoms. The Bertz CT molecular complexity index is 1070. The number of hydrogen-bond donors (Lipinski definition) is 0. The van der Waals surface area contributed by atoms with Gasteiger partial charge in [0.25, 0.3) is 5.56 Å². The van der Waals surface area contributed by atoms with Gasteiger partial charge in [0.05, 0.1) is 35.9 Å². The molecule has 2 unspecified atom stereocenters. The van der Waals surface area contributed by atoms with Crippen LogP contribution in [0.4, 0.5) is 4.79 Å². The maximum absolute atomic E-state index is 13.0. The summed E-state index contributed by atoms with van der Waals surface area (Å²) in [4.78, 5) is 45.3. The number of carbonyl (C=O) groups excluding carboxylic acids is 2. The first-order valence-corrected chi connectivity index (χ1v) is 12.5. The Morgan fingerprint density at radius 3 is 2.88 bits per heavy atom. The number of nitrogens with zero attached hydrogens (tertiary/aromatic N) is 3. The Labute approximate surface area is 204 Å². The fourth-order valence-electron chi connectivity index (χ4n) is 3.90. The van der Waals surface area contributed by atoms with Crippen LogP contribution in [-0.4, -0.2) is 65.0 Å². The van der Waals surface area contributed by atoms with Crippen LogP contribution < -0.4 is 5.56 Å². The van der Waals surface area contributed by atoms with E-state index in [4.69, 9.17) is 9.47 Å². The molecule has 1 aliphatic rings. The van der Waals surface area contributed by atoms with Gasteiger partial charge in [-0.15, -0.1) is 11.8 Å². The molecule has 1 fully saturated rings. The number of halogens is 1.